The third-order valence-corrected chi connectivity index (χ3v) is 4.39. The van der Waals surface area contributed by atoms with Gasteiger partial charge in [-0.25, -0.2) is 4.79 Å². The summed E-state index contributed by atoms with van der Waals surface area (Å²) in [5.41, 5.74) is 2.47. The molecule has 3 aromatic rings. The highest BCUT2D eigenvalue weighted by Crippen LogP contribution is 2.25. The summed E-state index contributed by atoms with van der Waals surface area (Å²) in [5.74, 6) is 0. The van der Waals surface area contributed by atoms with Crippen LogP contribution in [0.3, 0.4) is 0 Å². The lowest BCUT2D eigenvalue weighted by Crippen LogP contribution is -2.49. The second-order valence-corrected chi connectivity index (χ2v) is 6.19. The predicted molar refractivity (Wildman–Crippen MR) is 95.4 cm³/mol. The van der Waals surface area contributed by atoms with Gasteiger partial charge < -0.3 is 14.6 Å². The van der Waals surface area contributed by atoms with Gasteiger partial charge in [-0.05, 0) is 37.3 Å². The molecule has 1 aliphatic rings. The minimum Gasteiger partial charge on any atom is -0.422 e. The summed E-state index contributed by atoms with van der Waals surface area (Å²) in [5, 5.41) is 4.34. The molecule has 4 rings (SSSR count). The Balaban J connectivity index is 1.75. The van der Waals surface area contributed by atoms with E-state index < -0.39 is 0 Å². The van der Waals surface area contributed by atoms with Crippen LogP contribution in [0.25, 0.3) is 22.2 Å². The maximum absolute atomic E-state index is 12.3. The minimum absolute atomic E-state index is 0.355. The van der Waals surface area contributed by atoms with Crippen LogP contribution in [0, 0.1) is 0 Å². The van der Waals surface area contributed by atoms with Crippen molar-refractivity contribution in [1.82, 2.24) is 10.3 Å². The van der Waals surface area contributed by atoms with Crippen LogP contribution in [-0.4, -0.2) is 30.7 Å². The van der Waals surface area contributed by atoms with Crippen LogP contribution < -0.4 is 15.8 Å². The van der Waals surface area contributed by atoms with E-state index in [2.05, 4.69) is 28.2 Å². The second kappa shape index (κ2) is 6.09. The van der Waals surface area contributed by atoms with Crippen molar-refractivity contribution in [3.63, 3.8) is 0 Å². The molecule has 5 heteroatoms. The first-order valence-corrected chi connectivity index (χ1v) is 8.18. The van der Waals surface area contributed by atoms with Crippen molar-refractivity contribution in [1.29, 1.82) is 0 Å². The molecule has 24 heavy (non-hydrogen) atoms. The lowest BCUT2D eigenvalue weighted by molar-refractivity contribution is 0.484. The average Bonchev–Trinajstić information content (AvgIpc) is 2.61. The van der Waals surface area contributed by atoms with E-state index in [1.807, 2.05) is 36.4 Å². The van der Waals surface area contributed by atoms with Crippen molar-refractivity contribution >= 4 is 16.7 Å². The first kappa shape index (κ1) is 14.9. The normalized spacial score (nSPS) is 18.0. The van der Waals surface area contributed by atoms with Crippen LogP contribution >= 0.6 is 0 Å². The monoisotopic (exact) mass is 321 g/mol. The first-order valence-electron chi connectivity index (χ1n) is 8.18. The first-order chi connectivity index (χ1) is 11.7. The molecule has 1 fully saturated rings. The van der Waals surface area contributed by atoms with E-state index in [9.17, 15) is 4.79 Å². The van der Waals surface area contributed by atoms with E-state index in [4.69, 9.17) is 4.42 Å². The van der Waals surface area contributed by atoms with Crippen LogP contribution in [-0.2, 0) is 0 Å². The van der Waals surface area contributed by atoms with Crippen molar-refractivity contribution in [3.05, 3.63) is 59.1 Å². The molecule has 1 aliphatic heterocycles. The molecule has 122 valence electrons. The molecule has 5 nitrogen and oxygen atoms in total. The van der Waals surface area contributed by atoms with Gasteiger partial charge in [0.05, 0.1) is 11.3 Å². The molecular formula is C19H19N3O2. The number of pyridine rings is 1. The fourth-order valence-corrected chi connectivity index (χ4v) is 3.16. The maximum atomic E-state index is 12.3. The number of nitrogens with zero attached hydrogens (tertiary/aromatic N) is 2. The number of aromatic nitrogens is 1. The van der Waals surface area contributed by atoms with Crippen LogP contribution in [0.15, 0.2) is 57.9 Å². The predicted octanol–water partition coefficient (Wildman–Crippen LogP) is 2.65. The zero-order chi connectivity index (χ0) is 16.5. The van der Waals surface area contributed by atoms with E-state index in [1.165, 1.54) is 0 Å². The Morgan fingerprint density at radius 1 is 1.25 bits per heavy atom. The fourth-order valence-electron chi connectivity index (χ4n) is 3.16. The van der Waals surface area contributed by atoms with Crippen LogP contribution in [0.4, 0.5) is 5.69 Å². The van der Waals surface area contributed by atoms with Gasteiger partial charge in [0.15, 0.2) is 0 Å². The Labute approximate surface area is 139 Å². The third-order valence-electron chi connectivity index (χ3n) is 4.39. The molecule has 2 aromatic heterocycles. The highest BCUT2D eigenvalue weighted by atomic mass is 16.4. The van der Waals surface area contributed by atoms with Gasteiger partial charge in [0.2, 0.25) is 0 Å². The zero-order valence-corrected chi connectivity index (χ0v) is 13.5. The molecule has 0 aliphatic carbocycles. The van der Waals surface area contributed by atoms with Crippen molar-refractivity contribution in [2.75, 3.05) is 24.5 Å². The molecule has 1 N–H and O–H groups in total. The smallest absolute Gasteiger partial charge is 0.345 e. The molecule has 1 atom stereocenters. The van der Waals surface area contributed by atoms with Crippen molar-refractivity contribution < 1.29 is 4.42 Å². The standard InChI is InChI=1S/C19H19N3O2/c1-13-12-22(9-8-20-13)15-6-5-14-10-16(17-4-2-3-7-21-17)19(23)24-18(14)11-15/h2-7,10-11,13,20H,8-9,12H2,1H3/t13-/m0/s1. The summed E-state index contributed by atoms with van der Waals surface area (Å²) in [6.07, 6.45) is 1.67. The van der Waals surface area contributed by atoms with Crippen molar-refractivity contribution in [3.8, 4) is 11.3 Å². The van der Waals surface area contributed by atoms with Crippen molar-refractivity contribution in [2.24, 2.45) is 0 Å². The summed E-state index contributed by atoms with van der Waals surface area (Å²) >= 11 is 0. The minimum atomic E-state index is -0.355. The lowest BCUT2D eigenvalue weighted by Gasteiger charge is -2.33. The number of hydrogen-bond acceptors (Lipinski definition) is 5. The number of nitrogens with one attached hydrogen (secondary N) is 1. The van der Waals surface area contributed by atoms with Crippen LogP contribution in [0.5, 0.6) is 0 Å². The van der Waals surface area contributed by atoms with Gasteiger partial charge in [-0.2, -0.15) is 0 Å². The van der Waals surface area contributed by atoms with Gasteiger partial charge >= 0.3 is 5.63 Å². The van der Waals surface area contributed by atoms with Gasteiger partial charge in [0.1, 0.15) is 5.58 Å². The number of fused-ring (bicyclic) bond motifs is 1. The number of hydrogen-bond donors (Lipinski definition) is 1. The number of piperazine rings is 1. The Bertz CT molecular complexity index is 921. The van der Waals surface area contributed by atoms with E-state index >= 15 is 0 Å². The quantitative estimate of drug-likeness (QED) is 0.735. The second-order valence-electron chi connectivity index (χ2n) is 6.19. The molecular weight excluding hydrogens is 302 g/mol. The van der Waals surface area contributed by atoms with Gasteiger partial charge in [-0.15, -0.1) is 0 Å². The number of anilines is 1. The van der Waals surface area contributed by atoms with Gasteiger partial charge in [0.25, 0.3) is 0 Å². The van der Waals surface area contributed by atoms with E-state index in [-0.39, 0.29) is 5.63 Å². The summed E-state index contributed by atoms with van der Waals surface area (Å²) in [6.45, 7) is 5.03. The number of benzene rings is 1. The fraction of sp³-hybridized carbons (Fsp3) is 0.263. The van der Waals surface area contributed by atoms with Crippen LogP contribution in [0.2, 0.25) is 0 Å². The van der Waals surface area contributed by atoms with E-state index in [0.717, 1.165) is 30.7 Å². The topological polar surface area (TPSA) is 58.4 Å². The molecule has 3 heterocycles. The SMILES string of the molecule is C[C@H]1CN(c2ccc3cc(-c4ccccn4)c(=O)oc3c2)CCN1. The number of rotatable bonds is 2. The molecule has 1 saturated heterocycles. The molecule has 0 radical (unpaired) electrons. The Hall–Kier alpha value is -2.66. The summed E-state index contributed by atoms with van der Waals surface area (Å²) in [4.78, 5) is 18.9. The Morgan fingerprint density at radius 3 is 2.96 bits per heavy atom. The van der Waals surface area contributed by atoms with Gasteiger partial charge in [-0.1, -0.05) is 6.07 Å². The molecule has 0 spiro atoms. The average molecular weight is 321 g/mol. The molecule has 1 aromatic carbocycles. The lowest BCUT2D eigenvalue weighted by atomic mass is 10.1. The zero-order valence-electron chi connectivity index (χ0n) is 13.5. The summed E-state index contributed by atoms with van der Waals surface area (Å²) in [7, 11) is 0. The largest absolute Gasteiger partial charge is 0.422 e. The van der Waals surface area contributed by atoms with E-state index in [1.54, 1.807) is 6.20 Å². The molecule has 0 saturated carbocycles. The Kier molecular flexibility index (Phi) is 3.78. The van der Waals surface area contributed by atoms with Crippen molar-refractivity contribution in [2.45, 2.75) is 13.0 Å². The summed E-state index contributed by atoms with van der Waals surface area (Å²) in [6, 6.07) is 13.9. The van der Waals surface area contributed by atoms with Gasteiger partial charge in [-0.3, -0.25) is 4.98 Å². The van der Waals surface area contributed by atoms with Gasteiger partial charge in [0, 0.05) is 49.0 Å². The van der Waals surface area contributed by atoms with Crippen LogP contribution in [0.1, 0.15) is 6.92 Å². The molecule has 0 unspecified atom stereocenters. The third kappa shape index (κ3) is 2.78. The molecule has 0 amide bonds. The van der Waals surface area contributed by atoms with E-state index in [0.29, 0.717) is 22.9 Å². The Morgan fingerprint density at radius 2 is 2.17 bits per heavy atom. The summed E-state index contributed by atoms with van der Waals surface area (Å²) < 4.78 is 5.57. The highest BCUT2D eigenvalue weighted by Gasteiger charge is 2.17. The molecule has 0 bridgehead atoms. The maximum Gasteiger partial charge on any atom is 0.345 e. The highest BCUT2D eigenvalue weighted by molar-refractivity contribution is 5.84.